The first-order valence-electron chi connectivity index (χ1n) is 4.26. The molecule has 0 aliphatic carbocycles. The second-order valence-electron chi connectivity index (χ2n) is 2.45. The lowest BCUT2D eigenvalue weighted by Crippen LogP contribution is -2.05. The third-order valence-electron chi connectivity index (χ3n) is 1.33. The second kappa shape index (κ2) is 9.31. The van der Waals surface area contributed by atoms with E-state index in [1.54, 1.807) is 0 Å². The molecule has 62 valence electrons. The lowest BCUT2D eigenvalue weighted by molar-refractivity contribution is 0.774. The lowest BCUT2D eigenvalue weighted by atomic mass is 10.3. The molecule has 0 saturated carbocycles. The van der Waals surface area contributed by atoms with E-state index in [0.717, 1.165) is 0 Å². The van der Waals surface area contributed by atoms with Gasteiger partial charge in [0.15, 0.2) is 0 Å². The molecule has 0 amide bonds. The van der Waals surface area contributed by atoms with Crippen LogP contribution in [0.25, 0.3) is 0 Å². The molecule has 0 aliphatic heterocycles. The Morgan fingerprint density at radius 3 is 2.40 bits per heavy atom. The summed E-state index contributed by atoms with van der Waals surface area (Å²) in [7, 11) is 0. The zero-order valence-corrected chi connectivity index (χ0v) is 7.97. The van der Waals surface area contributed by atoms with E-state index in [9.17, 15) is 0 Å². The van der Waals surface area contributed by atoms with Crippen LogP contribution in [0.4, 0.5) is 0 Å². The molecule has 0 fully saturated rings. The van der Waals surface area contributed by atoms with E-state index in [-0.39, 0.29) is 0 Å². The van der Waals surface area contributed by atoms with Crippen LogP contribution in [0.15, 0.2) is 0 Å². The summed E-state index contributed by atoms with van der Waals surface area (Å²) < 4.78 is 3.34. The molecule has 0 spiro atoms. The average Bonchev–Trinajstić information content (AvgIpc) is 1.97. The monoisotopic (exact) mass is 161 g/mol. The Morgan fingerprint density at radius 2 is 1.80 bits per heavy atom. The first-order chi connectivity index (χ1) is 4.91. The number of rotatable bonds is 7. The molecular weight excluding hydrogens is 142 g/mol. The normalized spacial score (nSPS) is 10.2. The van der Waals surface area contributed by atoms with Crippen LogP contribution in [0.5, 0.6) is 0 Å². The van der Waals surface area contributed by atoms with E-state index in [1.807, 2.05) is 11.9 Å². The summed E-state index contributed by atoms with van der Waals surface area (Å²) in [6.45, 7) is 5.62. The molecule has 2 heteroatoms. The fourth-order valence-corrected chi connectivity index (χ4v) is 1.48. The van der Waals surface area contributed by atoms with E-state index < -0.39 is 0 Å². The van der Waals surface area contributed by atoms with Crippen LogP contribution in [0.3, 0.4) is 0 Å². The van der Waals surface area contributed by atoms with Gasteiger partial charge in [-0.1, -0.05) is 38.6 Å². The second-order valence-corrected chi connectivity index (χ2v) is 3.44. The lowest BCUT2D eigenvalue weighted by Gasteiger charge is -2.00. The van der Waals surface area contributed by atoms with Gasteiger partial charge in [-0.05, 0) is 12.8 Å². The van der Waals surface area contributed by atoms with E-state index in [2.05, 4.69) is 18.6 Å². The van der Waals surface area contributed by atoms with E-state index in [1.165, 1.54) is 38.0 Å². The number of hydrogen-bond donors (Lipinski definition) is 1. The van der Waals surface area contributed by atoms with E-state index in [0.29, 0.717) is 0 Å². The first kappa shape index (κ1) is 10.3. The van der Waals surface area contributed by atoms with E-state index in [4.69, 9.17) is 0 Å². The summed E-state index contributed by atoms with van der Waals surface area (Å²) >= 11 is 1.87. The summed E-state index contributed by atoms with van der Waals surface area (Å²) in [5.74, 6) is 1.26. The molecule has 0 aromatic carbocycles. The van der Waals surface area contributed by atoms with Crippen molar-refractivity contribution in [3.63, 3.8) is 0 Å². The van der Waals surface area contributed by atoms with Crippen molar-refractivity contribution < 1.29 is 0 Å². The van der Waals surface area contributed by atoms with Gasteiger partial charge in [-0.3, -0.25) is 4.72 Å². The minimum absolute atomic E-state index is 1.17. The van der Waals surface area contributed by atoms with Crippen LogP contribution >= 0.6 is 11.9 Å². The highest BCUT2D eigenvalue weighted by Gasteiger charge is 1.85. The van der Waals surface area contributed by atoms with Crippen LogP contribution in [0.1, 0.15) is 39.5 Å². The molecule has 1 nitrogen and oxygen atoms in total. The maximum Gasteiger partial charge on any atom is 0.00785 e. The number of nitrogens with one attached hydrogen (secondary N) is 1. The van der Waals surface area contributed by atoms with Crippen LogP contribution < -0.4 is 4.72 Å². The molecule has 0 saturated heterocycles. The van der Waals surface area contributed by atoms with Crippen LogP contribution in [0, 0.1) is 0 Å². The Morgan fingerprint density at radius 1 is 1.10 bits per heavy atom. The topological polar surface area (TPSA) is 12.0 Å². The van der Waals surface area contributed by atoms with Gasteiger partial charge in [0.2, 0.25) is 0 Å². The Hall–Kier alpha value is 0.310. The van der Waals surface area contributed by atoms with Crippen molar-refractivity contribution >= 4 is 11.9 Å². The third kappa shape index (κ3) is 8.31. The highest BCUT2D eigenvalue weighted by molar-refractivity contribution is 7.97. The minimum Gasteiger partial charge on any atom is -0.264 e. The molecule has 0 radical (unpaired) electrons. The van der Waals surface area contributed by atoms with Gasteiger partial charge in [0, 0.05) is 12.3 Å². The molecule has 10 heavy (non-hydrogen) atoms. The molecule has 0 unspecified atom stereocenters. The molecule has 0 heterocycles. The standard InChI is InChI=1S/C8H19NS/c1-3-5-7-9-10-8-6-4-2/h9H,3-8H2,1-2H3. The van der Waals surface area contributed by atoms with Crippen LogP contribution in [-0.4, -0.2) is 12.3 Å². The third-order valence-corrected chi connectivity index (χ3v) is 2.24. The Balaban J connectivity index is 2.65. The first-order valence-corrected chi connectivity index (χ1v) is 5.25. The van der Waals surface area contributed by atoms with Gasteiger partial charge in [-0.25, -0.2) is 0 Å². The number of unbranched alkanes of at least 4 members (excludes halogenated alkanes) is 2. The van der Waals surface area contributed by atoms with Gasteiger partial charge in [-0.15, -0.1) is 0 Å². The quantitative estimate of drug-likeness (QED) is 0.455. The summed E-state index contributed by atoms with van der Waals surface area (Å²) in [5.41, 5.74) is 0. The average molecular weight is 161 g/mol. The molecule has 1 N–H and O–H groups in total. The SMILES string of the molecule is CCCCNSCCCC. The van der Waals surface area contributed by atoms with Gasteiger partial charge < -0.3 is 0 Å². The molecule has 0 atom stereocenters. The highest BCUT2D eigenvalue weighted by Crippen LogP contribution is 1.99. The van der Waals surface area contributed by atoms with Crippen molar-refractivity contribution in [3.8, 4) is 0 Å². The summed E-state index contributed by atoms with van der Waals surface area (Å²) in [6.07, 6.45) is 5.24. The van der Waals surface area contributed by atoms with Gasteiger partial charge in [0.1, 0.15) is 0 Å². The summed E-state index contributed by atoms with van der Waals surface area (Å²) in [5, 5.41) is 0. The predicted octanol–water partition coefficient (Wildman–Crippen LogP) is 2.82. The minimum atomic E-state index is 1.17. The molecule has 0 bridgehead atoms. The Labute approximate surface area is 69.1 Å². The fraction of sp³-hybridized carbons (Fsp3) is 1.00. The van der Waals surface area contributed by atoms with Crippen molar-refractivity contribution in [1.82, 2.24) is 4.72 Å². The number of hydrogen-bond acceptors (Lipinski definition) is 2. The van der Waals surface area contributed by atoms with E-state index >= 15 is 0 Å². The van der Waals surface area contributed by atoms with Gasteiger partial charge >= 0.3 is 0 Å². The molecule has 0 aromatic rings. The Kier molecular flexibility index (Phi) is 9.60. The molecule has 0 aromatic heterocycles. The zero-order chi connectivity index (χ0) is 7.66. The summed E-state index contributed by atoms with van der Waals surface area (Å²) in [4.78, 5) is 0. The smallest absolute Gasteiger partial charge is 0.00785 e. The molecule has 0 rings (SSSR count). The highest BCUT2D eigenvalue weighted by atomic mass is 32.2. The maximum atomic E-state index is 3.34. The van der Waals surface area contributed by atoms with Gasteiger partial charge in [0.05, 0.1) is 0 Å². The van der Waals surface area contributed by atoms with Gasteiger partial charge in [-0.2, -0.15) is 0 Å². The Bertz CT molecular complexity index is 49.2. The largest absolute Gasteiger partial charge is 0.264 e. The van der Waals surface area contributed by atoms with Crippen molar-refractivity contribution in [3.05, 3.63) is 0 Å². The van der Waals surface area contributed by atoms with Crippen molar-refractivity contribution in [2.24, 2.45) is 0 Å². The van der Waals surface area contributed by atoms with Crippen molar-refractivity contribution in [2.45, 2.75) is 39.5 Å². The van der Waals surface area contributed by atoms with Crippen molar-refractivity contribution in [2.75, 3.05) is 12.3 Å². The fourth-order valence-electron chi connectivity index (χ4n) is 0.610. The van der Waals surface area contributed by atoms with Crippen molar-refractivity contribution in [1.29, 1.82) is 0 Å². The maximum absolute atomic E-state index is 3.34. The summed E-state index contributed by atoms with van der Waals surface area (Å²) in [6, 6.07) is 0. The van der Waals surface area contributed by atoms with Crippen LogP contribution in [-0.2, 0) is 0 Å². The predicted molar refractivity (Wildman–Crippen MR) is 50.3 cm³/mol. The zero-order valence-electron chi connectivity index (χ0n) is 7.15. The molecular formula is C8H19NS. The van der Waals surface area contributed by atoms with Crippen LogP contribution in [0.2, 0.25) is 0 Å². The molecule has 0 aliphatic rings. The van der Waals surface area contributed by atoms with Gasteiger partial charge in [0.25, 0.3) is 0 Å².